The topological polar surface area (TPSA) is 76.1 Å². The summed E-state index contributed by atoms with van der Waals surface area (Å²) in [4.78, 5) is 20.8. The largest absolute Gasteiger partial charge is 0.497 e. The molecule has 1 heterocycles. The lowest BCUT2D eigenvalue weighted by molar-refractivity contribution is 0.102. The van der Waals surface area contributed by atoms with Crippen LogP contribution < -0.4 is 15.4 Å². The molecule has 0 aliphatic rings. The van der Waals surface area contributed by atoms with Crippen LogP contribution in [0.4, 0.5) is 17.2 Å². The number of methoxy groups -OCH3 is 1. The Morgan fingerprint density at radius 1 is 1.00 bits per heavy atom. The number of nitrogens with one attached hydrogen (secondary N) is 2. The van der Waals surface area contributed by atoms with E-state index in [4.69, 9.17) is 4.74 Å². The number of nitrogens with zero attached hydrogens (tertiary/aromatic N) is 2. The van der Waals surface area contributed by atoms with Crippen LogP contribution in [0.15, 0.2) is 54.9 Å². The van der Waals surface area contributed by atoms with E-state index >= 15 is 0 Å². The first-order valence-electron chi connectivity index (χ1n) is 8.17. The van der Waals surface area contributed by atoms with E-state index in [1.165, 1.54) is 6.33 Å². The van der Waals surface area contributed by atoms with Crippen LogP contribution in [-0.4, -0.2) is 23.0 Å². The molecule has 0 aliphatic heterocycles. The molecule has 0 radical (unpaired) electrons. The molecule has 0 unspecified atom stereocenters. The molecule has 0 bridgehead atoms. The number of carbonyl (C=O) groups excluding carboxylic acids is 1. The van der Waals surface area contributed by atoms with Crippen LogP contribution >= 0.6 is 0 Å². The van der Waals surface area contributed by atoms with Crippen molar-refractivity contribution in [1.82, 2.24) is 9.97 Å². The number of aryl methyl sites for hydroxylation is 2. The predicted molar refractivity (Wildman–Crippen MR) is 102 cm³/mol. The van der Waals surface area contributed by atoms with Crippen molar-refractivity contribution in [3.05, 3.63) is 71.7 Å². The summed E-state index contributed by atoms with van der Waals surface area (Å²) in [6.45, 7) is 3.93. The Labute approximate surface area is 152 Å². The highest BCUT2D eigenvalue weighted by molar-refractivity contribution is 6.03. The first-order valence-corrected chi connectivity index (χ1v) is 8.17. The smallest absolute Gasteiger partial charge is 0.274 e. The zero-order valence-corrected chi connectivity index (χ0v) is 14.9. The number of aromatic nitrogens is 2. The fourth-order valence-corrected chi connectivity index (χ4v) is 2.43. The Kier molecular flexibility index (Phi) is 5.12. The number of anilines is 3. The Morgan fingerprint density at radius 2 is 1.77 bits per heavy atom. The molecule has 0 fully saturated rings. The van der Waals surface area contributed by atoms with Gasteiger partial charge in [0.05, 0.1) is 7.11 Å². The Hall–Kier alpha value is -3.41. The maximum atomic E-state index is 12.5. The van der Waals surface area contributed by atoms with Crippen molar-refractivity contribution in [1.29, 1.82) is 0 Å². The molecule has 0 atom stereocenters. The van der Waals surface area contributed by atoms with Crippen LogP contribution in [-0.2, 0) is 0 Å². The summed E-state index contributed by atoms with van der Waals surface area (Å²) in [6.07, 6.45) is 1.36. The highest BCUT2D eigenvalue weighted by Gasteiger charge is 2.11. The van der Waals surface area contributed by atoms with Crippen molar-refractivity contribution in [3.8, 4) is 5.75 Å². The van der Waals surface area contributed by atoms with E-state index in [9.17, 15) is 4.79 Å². The molecule has 0 spiro atoms. The average Bonchev–Trinajstić information content (AvgIpc) is 2.65. The van der Waals surface area contributed by atoms with Gasteiger partial charge in [-0.25, -0.2) is 9.97 Å². The van der Waals surface area contributed by atoms with Crippen molar-refractivity contribution < 1.29 is 9.53 Å². The zero-order chi connectivity index (χ0) is 18.5. The summed E-state index contributed by atoms with van der Waals surface area (Å²) in [5.74, 6) is 1.03. The van der Waals surface area contributed by atoms with Gasteiger partial charge in [0.1, 0.15) is 23.6 Å². The van der Waals surface area contributed by atoms with Gasteiger partial charge >= 0.3 is 0 Å². The van der Waals surface area contributed by atoms with E-state index in [2.05, 4.69) is 20.6 Å². The van der Waals surface area contributed by atoms with Crippen LogP contribution in [0.25, 0.3) is 0 Å². The first-order chi connectivity index (χ1) is 12.5. The summed E-state index contributed by atoms with van der Waals surface area (Å²) in [5.41, 5.74) is 3.98. The zero-order valence-electron chi connectivity index (χ0n) is 14.9. The van der Waals surface area contributed by atoms with Crippen molar-refractivity contribution in [3.63, 3.8) is 0 Å². The Morgan fingerprint density at radius 3 is 2.50 bits per heavy atom. The van der Waals surface area contributed by atoms with Gasteiger partial charge in [0, 0.05) is 17.4 Å². The fourth-order valence-electron chi connectivity index (χ4n) is 2.43. The van der Waals surface area contributed by atoms with Gasteiger partial charge in [-0.1, -0.05) is 12.1 Å². The van der Waals surface area contributed by atoms with Gasteiger partial charge in [-0.15, -0.1) is 0 Å². The average molecular weight is 348 g/mol. The molecule has 3 rings (SSSR count). The molecule has 26 heavy (non-hydrogen) atoms. The third-order valence-corrected chi connectivity index (χ3v) is 3.90. The van der Waals surface area contributed by atoms with Crippen LogP contribution in [0.1, 0.15) is 21.6 Å². The summed E-state index contributed by atoms with van der Waals surface area (Å²) < 4.78 is 5.14. The van der Waals surface area contributed by atoms with Crippen molar-refractivity contribution in [2.24, 2.45) is 0 Å². The third-order valence-electron chi connectivity index (χ3n) is 3.90. The van der Waals surface area contributed by atoms with E-state index in [1.54, 1.807) is 13.2 Å². The minimum Gasteiger partial charge on any atom is -0.497 e. The second kappa shape index (κ2) is 7.65. The van der Waals surface area contributed by atoms with Crippen LogP contribution in [0.2, 0.25) is 0 Å². The Balaban J connectivity index is 1.75. The van der Waals surface area contributed by atoms with E-state index < -0.39 is 0 Å². The van der Waals surface area contributed by atoms with E-state index in [-0.39, 0.29) is 11.6 Å². The van der Waals surface area contributed by atoms with Gasteiger partial charge in [0.25, 0.3) is 5.91 Å². The number of benzene rings is 2. The van der Waals surface area contributed by atoms with Gasteiger partial charge in [-0.2, -0.15) is 0 Å². The number of hydrogen-bond donors (Lipinski definition) is 2. The first kappa shape index (κ1) is 17.4. The minimum absolute atomic E-state index is 0.279. The van der Waals surface area contributed by atoms with Gasteiger partial charge < -0.3 is 15.4 Å². The SMILES string of the molecule is COc1ccc(Nc2cc(C(=O)Nc3cc(C)ccc3C)ncn2)cc1. The van der Waals surface area contributed by atoms with Crippen molar-refractivity contribution >= 4 is 23.1 Å². The molecule has 0 aliphatic carbocycles. The lowest BCUT2D eigenvalue weighted by atomic mass is 10.1. The summed E-state index contributed by atoms with van der Waals surface area (Å²) >= 11 is 0. The number of carbonyl (C=O) groups is 1. The molecule has 6 heteroatoms. The molecular weight excluding hydrogens is 328 g/mol. The van der Waals surface area contributed by atoms with Gasteiger partial charge in [-0.05, 0) is 55.3 Å². The fraction of sp³-hybridized carbons (Fsp3) is 0.150. The maximum absolute atomic E-state index is 12.5. The van der Waals surface area contributed by atoms with Crippen molar-refractivity contribution in [2.45, 2.75) is 13.8 Å². The molecular formula is C20H20N4O2. The quantitative estimate of drug-likeness (QED) is 0.726. The number of hydrogen-bond acceptors (Lipinski definition) is 5. The van der Waals surface area contributed by atoms with Crippen LogP contribution in [0, 0.1) is 13.8 Å². The maximum Gasteiger partial charge on any atom is 0.274 e. The van der Waals surface area contributed by atoms with Gasteiger partial charge in [-0.3, -0.25) is 4.79 Å². The van der Waals surface area contributed by atoms with Crippen LogP contribution in [0.3, 0.4) is 0 Å². The summed E-state index contributed by atoms with van der Waals surface area (Å²) in [5, 5.41) is 6.05. The van der Waals surface area contributed by atoms with E-state index in [0.29, 0.717) is 5.82 Å². The molecule has 0 saturated heterocycles. The molecule has 6 nitrogen and oxygen atoms in total. The number of ether oxygens (including phenoxy) is 1. The lowest BCUT2D eigenvalue weighted by Gasteiger charge is -2.10. The molecule has 3 aromatic rings. The van der Waals surface area contributed by atoms with Crippen LogP contribution in [0.5, 0.6) is 5.75 Å². The normalized spacial score (nSPS) is 10.3. The van der Waals surface area contributed by atoms with Gasteiger partial charge in [0.2, 0.25) is 0 Å². The Bertz CT molecular complexity index is 923. The standard InChI is InChI=1S/C20H20N4O2/c1-13-4-5-14(2)17(10-13)24-20(25)18-11-19(22-12-21-18)23-15-6-8-16(26-3)9-7-15/h4-12H,1-3H3,(H,24,25)(H,21,22,23). The second-order valence-electron chi connectivity index (χ2n) is 5.91. The molecule has 132 valence electrons. The predicted octanol–water partition coefficient (Wildman–Crippen LogP) is 4.10. The second-order valence-corrected chi connectivity index (χ2v) is 5.91. The molecule has 1 amide bonds. The monoisotopic (exact) mass is 348 g/mol. The number of rotatable bonds is 5. The molecule has 2 N–H and O–H groups in total. The highest BCUT2D eigenvalue weighted by Crippen LogP contribution is 2.20. The lowest BCUT2D eigenvalue weighted by Crippen LogP contribution is -2.15. The van der Waals surface area contributed by atoms with Gasteiger partial charge in [0.15, 0.2) is 0 Å². The number of amides is 1. The van der Waals surface area contributed by atoms with Crippen molar-refractivity contribution in [2.75, 3.05) is 17.7 Å². The summed E-state index contributed by atoms with van der Waals surface area (Å²) in [6, 6.07) is 15.0. The highest BCUT2D eigenvalue weighted by atomic mass is 16.5. The summed E-state index contributed by atoms with van der Waals surface area (Å²) in [7, 11) is 1.62. The molecule has 1 aromatic heterocycles. The van der Waals surface area contributed by atoms with E-state index in [0.717, 1.165) is 28.3 Å². The molecule has 0 saturated carbocycles. The minimum atomic E-state index is -0.279. The van der Waals surface area contributed by atoms with E-state index in [1.807, 2.05) is 56.3 Å². The third kappa shape index (κ3) is 4.16. The molecule has 2 aromatic carbocycles.